The Kier molecular flexibility index (Phi) is 7.40. The fourth-order valence-electron chi connectivity index (χ4n) is 3.57. The maximum absolute atomic E-state index is 13.8. The van der Waals surface area contributed by atoms with E-state index in [1.54, 1.807) is 23.4 Å². The van der Waals surface area contributed by atoms with Crippen LogP contribution in [0.1, 0.15) is 27.0 Å². The smallest absolute Gasteiger partial charge is 0.258 e. The molecule has 34 heavy (non-hydrogen) atoms. The third-order valence-electron chi connectivity index (χ3n) is 5.33. The van der Waals surface area contributed by atoms with Gasteiger partial charge in [-0.15, -0.1) is 0 Å². The predicted octanol–water partition coefficient (Wildman–Crippen LogP) is 4.93. The average Bonchev–Trinajstić information content (AvgIpc) is 2.87. The van der Waals surface area contributed by atoms with E-state index < -0.39 is 5.82 Å². The summed E-state index contributed by atoms with van der Waals surface area (Å²) in [6.07, 6.45) is 3.62. The average molecular weight is 454 g/mol. The van der Waals surface area contributed by atoms with Gasteiger partial charge in [0.05, 0.1) is 13.0 Å². The molecule has 6 heteroatoms. The van der Waals surface area contributed by atoms with Crippen LogP contribution in [0.3, 0.4) is 0 Å². The van der Waals surface area contributed by atoms with E-state index in [0.717, 1.165) is 16.7 Å². The maximum atomic E-state index is 13.8. The standard InChI is InChI=1S/C28H24FN3O2/c29-25-10-4-9-24(17-25)28(34)32(20-22-6-2-1-3-7-22)26-13-11-21(12-14-26)16-27(33)31-19-23-8-5-15-30-18-23/h1-15,17-18H,16,19-20H2,(H,31,33). The number of hydrogen-bond acceptors (Lipinski definition) is 3. The molecule has 1 N–H and O–H groups in total. The Morgan fingerprint density at radius 3 is 2.29 bits per heavy atom. The minimum atomic E-state index is -0.460. The molecular formula is C28H24FN3O2. The van der Waals surface area contributed by atoms with Crippen LogP contribution >= 0.6 is 0 Å². The Labute approximate surface area is 197 Å². The van der Waals surface area contributed by atoms with Gasteiger partial charge < -0.3 is 10.2 Å². The van der Waals surface area contributed by atoms with Crippen LogP contribution in [0.4, 0.5) is 10.1 Å². The predicted molar refractivity (Wildman–Crippen MR) is 130 cm³/mol. The van der Waals surface area contributed by atoms with Crippen molar-refractivity contribution in [2.45, 2.75) is 19.5 Å². The van der Waals surface area contributed by atoms with Crippen molar-refractivity contribution in [2.75, 3.05) is 4.90 Å². The van der Waals surface area contributed by atoms with Crippen LogP contribution in [0.15, 0.2) is 103 Å². The Bertz CT molecular complexity index is 1250. The van der Waals surface area contributed by atoms with Gasteiger partial charge in [0.15, 0.2) is 0 Å². The maximum Gasteiger partial charge on any atom is 0.258 e. The highest BCUT2D eigenvalue weighted by Gasteiger charge is 2.19. The summed E-state index contributed by atoms with van der Waals surface area (Å²) >= 11 is 0. The normalized spacial score (nSPS) is 10.5. The highest BCUT2D eigenvalue weighted by Crippen LogP contribution is 2.22. The van der Waals surface area contributed by atoms with E-state index in [1.165, 1.54) is 18.2 Å². The van der Waals surface area contributed by atoms with E-state index in [4.69, 9.17) is 0 Å². The van der Waals surface area contributed by atoms with Crippen LogP contribution < -0.4 is 10.2 Å². The monoisotopic (exact) mass is 453 g/mol. The zero-order valence-electron chi connectivity index (χ0n) is 18.5. The van der Waals surface area contributed by atoms with Gasteiger partial charge in [-0.1, -0.05) is 54.6 Å². The van der Waals surface area contributed by atoms with Crippen LogP contribution in [0.25, 0.3) is 0 Å². The van der Waals surface area contributed by atoms with E-state index in [2.05, 4.69) is 10.3 Å². The van der Waals surface area contributed by atoms with Crippen LogP contribution in [-0.2, 0) is 24.3 Å². The molecule has 0 atom stereocenters. The number of anilines is 1. The van der Waals surface area contributed by atoms with Gasteiger partial charge in [0.1, 0.15) is 5.82 Å². The van der Waals surface area contributed by atoms with Crippen LogP contribution in [0, 0.1) is 5.82 Å². The topological polar surface area (TPSA) is 62.3 Å². The van der Waals surface area contributed by atoms with Crippen molar-refractivity contribution in [1.29, 1.82) is 0 Å². The summed E-state index contributed by atoms with van der Waals surface area (Å²) in [5, 5.41) is 2.88. The largest absolute Gasteiger partial charge is 0.352 e. The highest BCUT2D eigenvalue weighted by molar-refractivity contribution is 6.06. The summed E-state index contributed by atoms with van der Waals surface area (Å²) in [4.78, 5) is 31.3. The second-order valence-electron chi connectivity index (χ2n) is 7.87. The van der Waals surface area contributed by atoms with Gasteiger partial charge in [-0.25, -0.2) is 4.39 Å². The lowest BCUT2D eigenvalue weighted by molar-refractivity contribution is -0.120. The molecule has 0 radical (unpaired) electrons. The summed E-state index contributed by atoms with van der Waals surface area (Å²) in [5.74, 6) is -0.864. The van der Waals surface area contributed by atoms with E-state index in [9.17, 15) is 14.0 Å². The third-order valence-corrected chi connectivity index (χ3v) is 5.33. The van der Waals surface area contributed by atoms with Crippen molar-refractivity contribution in [3.63, 3.8) is 0 Å². The number of nitrogens with one attached hydrogen (secondary N) is 1. The van der Waals surface area contributed by atoms with Crippen molar-refractivity contribution in [2.24, 2.45) is 0 Å². The molecule has 0 saturated carbocycles. The highest BCUT2D eigenvalue weighted by atomic mass is 19.1. The fraction of sp³-hybridized carbons (Fsp3) is 0.107. The molecule has 2 amide bonds. The van der Waals surface area contributed by atoms with Gasteiger partial charge in [-0.3, -0.25) is 14.6 Å². The van der Waals surface area contributed by atoms with Gasteiger partial charge in [-0.2, -0.15) is 0 Å². The van der Waals surface area contributed by atoms with Gasteiger partial charge in [0.2, 0.25) is 5.91 Å². The van der Waals surface area contributed by atoms with E-state index in [-0.39, 0.29) is 23.8 Å². The number of carbonyl (C=O) groups excluding carboxylic acids is 2. The molecule has 0 aliphatic carbocycles. The lowest BCUT2D eigenvalue weighted by Crippen LogP contribution is -2.30. The number of pyridine rings is 1. The van der Waals surface area contributed by atoms with Crippen LogP contribution in [0.2, 0.25) is 0 Å². The molecule has 0 aliphatic heterocycles. The quantitative estimate of drug-likeness (QED) is 0.412. The lowest BCUT2D eigenvalue weighted by atomic mass is 10.1. The fourth-order valence-corrected chi connectivity index (χ4v) is 3.57. The number of amides is 2. The number of nitrogens with zero attached hydrogens (tertiary/aromatic N) is 2. The summed E-state index contributed by atoms with van der Waals surface area (Å²) in [6.45, 7) is 0.749. The number of benzene rings is 3. The lowest BCUT2D eigenvalue weighted by Gasteiger charge is -2.23. The summed E-state index contributed by atoms with van der Waals surface area (Å²) in [6, 6.07) is 26.3. The van der Waals surface area contributed by atoms with Gasteiger partial charge >= 0.3 is 0 Å². The zero-order chi connectivity index (χ0) is 23.8. The molecule has 1 aromatic heterocycles. The van der Waals surface area contributed by atoms with Crippen molar-refractivity contribution in [3.8, 4) is 0 Å². The van der Waals surface area contributed by atoms with Gasteiger partial charge in [0.25, 0.3) is 5.91 Å². The van der Waals surface area contributed by atoms with E-state index in [1.807, 2.05) is 66.7 Å². The Hall–Kier alpha value is -4.32. The van der Waals surface area contributed by atoms with Crippen molar-refractivity contribution < 1.29 is 14.0 Å². The number of aromatic nitrogens is 1. The summed E-state index contributed by atoms with van der Waals surface area (Å²) < 4.78 is 13.8. The number of halogens is 1. The Morgan fingerprint density at radius 2 is 1.59 bits per heavy atom. The van der Waals surface area contributed by atoms with Crippen LogP contribution in [-0.4, -0.2) is 16.8 Å². The van der Waals surface area contributed by atoms with Crippen molar-refractivity contribution in [3.05, 3.63) is 131 Å². The second kappa shape index (κ2) is 11.0. The zero-order valence-corrected chi connectivity index (χ0v) is 18.5. The SMILES string of the molecule is O=C(Cc1ccc(N(Cc2ccccc2)C(=O)c2cccc(F)c2)cc1)NCc1cccnc1. The molecule has 0 saturated heterocycles. The molecule has 4 aromatic rings. The van der Waals surface area contributed by atoms with Crippen molar-refractivity contribution >= 4 is 17.5 Å². The second-order valence-corrected chi connectivity index (χ2v) is 7.87. The molecule has 0 aliphatic rings. The molecule has 4 rings (SSSR count). The first-order valence-corrected chi connectivity index (χ1v) is 10.9. The first-order valence-electron chi connectivity index (χ1n) is 10.9. The third kappa shape index (κ3) is 6.13. The molecule has 0 spiro atoms. The van der Waals surface area contributed by atoms with Gasteiger partial charge in [-0.05, 0) is 53.1 Å². The molecule has 170 valence electrons. The van der Waals surface area contributed by atoms with Crippen LogP contribution in [0.5, 0.6) is 0 Å². The number of carbonyl (C=O) groups is 2. The Balaban J connectivity index is 1.48. The van der Waals surface area contributed by atoms with E-state index >= 15 is 0 Å². The van der Waals surface area contributed by atoms with Crippen molar-refractivity contribution in [1.82, 2.24) is 10.3 Å². The Morgan fingerprint density at radius 1 is 0.824 bits per heavy atom. The molecular weight excluding hydrogens is 429 g/mol. The summed E-state index contributed by atoms with van der Waals surface area (Å²) in [7, 11) is 0. The molecule has 0 unspecified atom stereocenters. The number of hydrogen-bond donors (Lipinski definition) is 1. The molecule has 0 bridgehead atoms. The minimum Gasteiger partial charge on any atom is -0.352 e. The molecule has 5 nitrogen and oxygen atoms in total. The molecule has 1 heterocycles. The van der Waals surface area contributed by atoms with Gasteiger partial charge in [0, 0.05) is 30.2 Å². The first-order chi connectivity index (χ1) is 16.6. The minimum absolute atomic E-state index is 0.103. The molecule has 0 fully saturated rings. The first kappa shape index (κ1) is 22.9. The van der Waals surface area contributed by atoms with E-state index in [0.29, 0.717) is 18.8 Å². The number of rotatable bonds is 8. The summed E-state index contributed by atoms with van der Waals surface area (Å²) in [5.41, 5.74) is 3.64. The molecule has 3 aromatic carbocycles.